The van der Waals surface area contributed by atoms with E-state index in [9.17, 15) is 9.59 Å². The molecule has 4 atom stereocenters. The summed E-state index contributed by atoms with van der Waals surface area (Å²) in [6, 6.07) is 6.36. The molecule has 1 saturated carbocycles. The van der Waals surface area contributed by atoms with Crippen molar-refractivity contribution in [1.82, 2.24) is 10.2 Å². The van der Waals surface area contributed by atoms with Crippen LogP contribution in [0.3, 0.4) is 0 Å². The largest absolute Gasteiger partial charge is 0.497 e. The summed E-state index contributed by atoms with van der Waals surface area (Å²) in [6.07, 6.45) is 6.03. The maximum atomic E-state index is 12.6. The normalized spacial score (nSPS) is 29.0. The van der Waals surface area contributed by atoms with E-state index >= 15 is 0 Å². The SMILES string of the molecule is COc1ccc2c(c1)C1(CCC(=O)NC(C)C(N)=O)CCN(CC3CC3)C(C2)C1C. The summed E-state index contributed by atoms with van der Waals surface area (Å²) in [6.45, 7) is 6.30. The summed E-state index contributed by atoms with van der Waals surface area (Å²) in [7, 11) is 1.71. The molecule has 6 heteroatoms. The molecule has 1 aromatic carbocycles. The van der Waals surface area contributed by atoms with E-state index in [0.29, 0.717) is 18.4 Å². The van der Waals surface area contributed by atoms with Crippen LogP contribution in [0.15, 0.2) is 18.2 Å². The van der Waals surface area contributed by atoms with Crippen LogP contribution in [0.1, 0.15) is 57.1 Å². The van der Waals surface area contributed by atoms with E-state index in [0.717, 1.165) is 37.5 Å². The van der Waals surface area contributed by atoms with Crippen molar-refractivity contribution in [2.75, 3.05) is 20.2 Å². The Labute approximate surface area is 179 Å². The smallest absolute Gasteiger partial charge is 0.239 e. The van der Waals surface area contributed by atoms with Gasteiger partial charge in [0.2, 0.25) is 11.8 Å². The molecule has 0 spiro atoms. The number of hydrogen-bond donors (Lipinski definition) is 2. The number of likely N-dealkylation sites (tertiary alicyclic amines) is 1. The van der Waals surface area contributed by atoms with Gasteiger partial charge in [-0.2, -0.15) is 0 Å². The number of ether oxygens (including phenoxy) is 1. The summed E-state index contributed by atoms with van der Waals surface area (Å²) in [5.41, 5.74) is 8.01. The monoisotopic (exact) mass is 413 g/mol. The molecule has 1 saturated heterocycles. The number of nitrogens with zero attached hydrogens (tertiary/aromatic N) is 1. The van der Waals surface area contributed by atoms with Crippen LogP contribution in [0.5, 0.6) is 5.75 Å². The van der Waals surface area contributed by atoms with Crippen molar-refractivity contribution < 1.29 is 14.3 Å². The number of carbonyl (C=O) groups excluding carboxylic acids is 2. The van der Waals surface area contributed by atoms with Gasteiger partial charge in [0.1, 0.15) is 11.8 Å². The molecule has 0 radical (unpaired) electrons. The summed E-state index contributed by atoms with van der Waals surface area (Å²) < 4.78 is 5.54. The maximum Gasteiger partial charge on any atom is 0.239 e. The molecule has 2 fully saturated rings. The number of primary amides is 1. The Morgan fingerprint density at radius 1 is 1.37 bits per heavy atom. The molecule has 1 aliphatic heterocycles. The lowest BCUT2D eigenvalue weighted by Crippen LogP contribution is -2.59. The Morgan fingerprint density at radius 2 is 2.13 bits per heavy atom. The summed E-state index contributed by atoms with van der Waals surface area (Å²) in [5, 5.41) is 2.75. The van der Waals surface area contributed by atoms with Crippen molar-refractivity contribution in [3.63, 3.8) is 0 Å². The van der Waals surface area contributed by atoms with E-state index in [-0.39, 0.29) is 11.3 Å². The lowest BCUT2D eigenvalue weighted by molar-refractivity contribution is -0.127. The first kappa shape index (κ1) is 21.2. The zero-order chi connectivity index (χ0) is 21.5. The molecule has 164 valence electrons. The van der Waals surface area contributed by atoms with Crippen molar-refractivity contribution in [2.24, 2.45) is 17.6 Å². The zero-order valence-electron chi connectivity index (χ0n) is 18.4. The molecular weight excluding hydrogens is 378 g/mol. The third-order valence-electron chi connectivity index (χ3n) is 7.84. The zero-order valence-corrected chi connectivity index (χ0v) is 18.4. The highest BCUT2D eigenvalue weighted by atomic mass is 16.5. The van der Waals surface area contributed by atoms with Gasteiger partial charge >= 0.3 is 0 Å². The summed E-state index contributed by atoms with van der Waals surface area (Å²) in [4.78, 5) is 26.6. The number of amides is 2. The van der Waals surface area contributed by atoms with Gasteiger partial charge < -0.3 is 15.8 Å². The molecule has 6 nitrogen and oxygen atoms in total. The number of methoxy groups -OCH3 is 1. The second-order valence-electron chi connectivity index (χ2n) is 9.62. The van der Waals surface area contributed by atoms with Crippen LogP contribution in [0.4, 0.5) is 0 Å². The molecule has 4 unspecified atom stereocenters. The standard InChI is InChI=1S/C24H35N3O3/c1-15-21-12-18-6-7-19(30-3)13-20(18)24(15,10-11-27(21)14-17-4-5-17)9-8-22(28)26-16(2)23(25)29/h6-7,13,15-17,21H,4-5,8-12,14H2,1-3H3,(H2,25,29)(H,26,28). The Hall–Kier alpha value is -2.08. The van der Waals surface area contributed by atoms with Crippen LogP contribution in [0, 0.1) is 11.8 Å². The van der Waals surface area contributed by atoms with Gasteiger partial charge in [0.15, 0.2) is 0 Å². The Kier molecular flexibility index (Phi) is 5.80. The topological polar surface area (TPSA) is 84.7 Å². The third kappa shape index (κ3) is 3.94. The number of nitrogens with two attached hydrogens (primary N) is 1. The molecule has 1 aromatic rings. The molecule has 3 N–H and O–H groups in total. The van der Waals surface area contributed by atoms with Gasteiger partial charge in [0.25, 0.3) is 0 Å². The second-order valence-corrected chi connectivity index (χ2v) is 9.62. The number of hydrogen-bond acceptors (Lipinski definition) is 4. The fraction of sp³-hybridized carbons (Fsp3) is 0.667. The van der Waals surface area contributed by atoms with Crippen molar-refractivity contribution in [3.05, 3.63) is 29.3 Å². The van der Waals surface area contributed by atoms with Crippen LogP contribution in [0.2, 0.25) is 0 Å². The van der Waals surface area contributed by atoms with Crippen molar-refractivity contribution in [1.29, 1.82) is 0 Å². The van der Waals surface area contributed by atoms with E-state index in [2.05, 4.69) is 35.3 Å². The predicted octanol–water partition coefficient (Wildman–Crippen LogP) is 2.38. The number of rotatable bonds is 8. The molecule has 0 aromatic heterocycles. The van der Waals surface area contributed by atoms with Crippen molar-refractivity contribution >= 4 is 11.8 Å². The fourth-order valence-corrected chi connectivity index (χ4v) is 5.72. The van der Waals surface area contributed by atoms with Gasteiger partial charge in [0.05, 0.1) is 7.11 Å². The quantitative estimate of drug-likeness (QED) is 0.685. The van der Waals surface area contributed by atoms with E-state index < -0.39 is 11.9 Å². The van der Waals surface area contributed by atoms with Gasteiger partial charge in [-0.1, -0.05) is 13.0 Å². The van der Waals surface area contributed by atoms with E-state index in [1.54, 1.807) is 14.0 Å². The van der Waals surface area contributed by atoms with Crippen molar-refractivity contribution in [3.8, 4) is 5.75 Å². The van der Waals surface area contributed by atoms with Gasteiger partial charge in [-0.3, -0.25) is 14.5 Å². The maximum absolute atomic E-state index is 12.6. The highest BCUT2D eigenvalue weighted by Gasteiger charge is 2.51. The molecule has 1 heterocycles. The Bertz CT molecular complexity index is 822. The average molecular weight is 414 g/mol. The van der Waals surface area contributed by atoms with E-state index in [4.69, 9.17) is 10.5 Å². The van der Waals surface area contributed by atoms with Gasteiger partial charge in [-0.25, -0.2) is 0 Å². The van der Waals surface area contributed by atoms with Crippen LogP contribution in [0.25, 0.3) is 0 Å². The van der Waals surface area contributed by atoms with Crippen LogP contribution >= 0.6 is 0 Å². The molecule has 2 amide bonds. The first-order valence-electron chi connectivity index (χ1n) is 11.3. The third-order valence-corrected chi connectivity index (χ3v) is 7.84. The van der Waals surface area contributed by atoms with Gasteiger partial charge in [-0.05, 0) is 80.7 Å². The van der Waals surface area contributed by atoms with E-state index in [1.807, 2.05) is 0 Å². The number of nitrogens with one attached hydrogen (secondary N) is 1. The Balaban J connectivity index is 1.60. The van der Waals surface area contributed by atoms with Crippen molar-refractivity contribution in [2.45, 2.75) is 69.9 Å². The average Bonchev–Trinajstić information content (AvgIpc) is 3.53. The second kappa shape index (κ2) is 8.22. The van der Waals surface area contributed by atoms with Gasteiger partial charge in [-0.15, -0.1) is 0 Å². The minimum Gasteiger partial charge on any atom is -0.497 e. The lowest BCUT2D eigenvalue weighted by atomic mass is 9.56. The van der Waals surface area contributed by atoms with Crippen LogP contribution in [-0.2, 0) is 21.4 Å². The summed E-state index contributed by atoms with van der Waals surface area (Å²) in [5.74, 6) is 1.62. The lowest BCUT2D eigenvalue weighted by Gasteiger charge is -2.56. The summed E-state index contributed by atoms with van der Waals surface area (Å²) >= 11 is 0. The molecule has 2 bridgehead atoms. The minimum atomic E-state index is -0.640. The molecule has 30 heavy (non-hydrogen) atoms. The number of piperidine rings is 1. The van der Waals surface area contributed by atoms with Crippen LogP contribution in [-0.4, -0.2) is 49.0 Å². The van der Waals surface area contributed by atoms with E-state index in [1.165, 1.54) is 30.5 Å². The first-order chi connectivity index (χ1) is 14.3. The van der Waals surface area contributed by atoms with Crippen LogP contribution < -0.4 is 15.8 Å². The highest BCUT2D eigenvalue weighted by molar-refractivity contribution is 5.86. The number of carbonyl (C=O) groups is 2. The molecule has 3 aliphatic rings. The number of benzene rings is 1. The molecular formula is C24H35N3O3. The highest BCUT2D eigenvalue weighted by Crippen LogP contribution is 2.52. The minimum absolute atomic E-state index is 0.0415. The fourth-order valence-electron chi connectivity index (χ4n) is 5.72. The molecule has 2 aliphatic carbocycles. The predicted molar refractivity (Wildman–Crippen MR) is 116 cm³/mol. The van der Waals surface area contributed by atoms with Gasteiger partial charge in [0, 0.05) is 24.4 Å². The molecule has 4 rings (SSSR count). The Morgan fingerprint density at radius 3 is 2.80 bits per heavy atom. The number of fused-ring (bicyclic) bond motifs is 4. The first-order valence-corrected chi connectivity index (χ1v) is 11.3.